The van der Waals surface area contributed by atoms with Gasteiger partial charge in [-0.15, -0.1) is 0 Å². The number of halogens is 1. The van der Waals surface area contributed by atoms with Crippen molar-refractivity contribution in [3.63, 3.8) is 0 Å². The van der Waals surface area contributed by atoms with Crippen molar-refractivity contribution in [3.05, 3.63) is 28.8 Å². The van der Waals surface area contributed by atoms with E-state index in [9.17, 15) is 4.79 Å². The Labute approximate surface area is 107 Å². The number of nitrogens with zero attached hydrogens (tertiary/aromatic N) is 1. The first-order chi connectivity index (χ1) is 8.13. The third-order valence-corrected chi connectivity index (χ3v) is 3.78. The fraction of sp³-hybridized carbons (Fsp3) is 0.462. The number of hydrogen-bond acceptors (Lipinski definition) is 3. The molecule has 1 aromatic carbocycles. The summed E-state index contributed by atoms with van der Waals surface area (Å²) in [6.45, 7) is 3.82. The van der Waals surface area contributed by atoms with Gasteiger partial charge in [0, 0.05) is 24.7 Å². The van der Waals surface area contributed by atoms with E-state index in [1.54, 1.807) is 12.1 Å². The third-order valence-electron chi connectivity index (χ3n) is 3.48. The van der Waals surface area contributed by atoms with Crippen LogP contribution in [0.5, 0.6) is 0 Å². The zero-order valence-electron chi connectivity index (χ0n) is 9.90. The number of rotatable bonds is 2. The lowest BCUT2D eigenvalue weighted by Gasteiger charge is -2.37. The lowest BCUT2D eigenvalue weighted by molar-refractivity contribution is 0.112. The van der Waals surface area contributed by atoms with Crippen LogP contribution in [-0.2, 0) is 0 Å². The molecule has 2 atom stereocenters. The standard InChI is InChI=1S/C13H17ClN2O/c1-9-5-6-16(7-12(9)15)13-10(8-17)3-2-4-11(13)14/h2-4,8-9,12H,5-7,15H2,1H3. The fourth-order valence-electron chi connectivity index (χ4n) is 2.26. The molecule has 92 valence electrons. The molecule has 3 nitrogen and oxygen atoms in total. The predicted molar refractivity (Wildman–Crippen MR) is 70.8 cm³/mol. The highest BCUT2D eigenvalue weighted by molar-refractivity contribution is 6.33. The molecule has 2 rings (SSSR count). The quantitative estimate of drug-likeness (QED) is 0.822. The molecular formula is C13H17ClN2O. The molecule has 0 aromatic heterocycles. The first kappa shape index (κ1) is 12.4. The number of piperidine rings is 1. The summed E-state index contributed by atoms with van der Waals surface area (Å²) in [6, 6.07) is 5.53. The summed E-state index contributed by atoms with van der Waals surface area (Å²) in [4.78, 5) is 13.2. The minimum absolute atomic E-state index is 0.138. The van der Waals surface area contributed by atoms with Crippen LogP contribution in [0.4, 0.5) is 5.69 Å². The average molecular weight is 253 g/mol. The van der Waals surface area contributed by atoms with Gasteiger partial charge < -0.3 is 10.6 Å². The second-order valence-corrected chi connectivity index (χ2v) is 5.08. The Hall–Kier alpha value is -1.06. The van der Waals surface area contributed by atoms with Crippen LogP contribution in [-0.4, -0.2) is 25.4 Å². The Bertz CT molecular complexity index is 422. The average Bonchev–Trinajstić information content (AvgIpc) is 2.32. The van der Waals surface area contributed by atoms with Crippen LogP contribution < -0.4 is 10.6 Å². The van der Waals surface area contributed by atoms with Crippen molar-refractivity contribution in [3.8, 4) is 0 Å². The SMILES string of the molecule is CC1CCN(c2c(Cl)cccc2C=O)CC1N. The van der Waals surface area contributed by atoms with Crippen molar-refractivity contribution in [2.75, 3.05) is 18.0 Å². The van der Waals surface area contributed by atoms with Gasteiger partial charge in [-0.25, -0.2) is 0 Å². The summed E-state index contributed by atoms with van der Waals surface area (Å²) < 4.78 is 0. The zero-order chi connectivity index (χ0) is 12.4. The van der Waals surface area contributed by atoms with Gasteiger partial charge in [-0.1, -0.05) is 24.6 Å². The summed E-state index contributed by atoms with van der Waals surface area (Å²) >= 11 is 6.18. The molecule has 1 heterocycles. The number of carbonyl (C=O) groups excluding carboxylic acids is 1. The van der Waals surface area contributed by atoms with Gasteiger partial charge in [0.2, 0.25) is 0 Å². The van der Waals surface area contributed by atoms with Crippen LogP contribution in [0.1, 0.15) is 23.7 Å². The van der Waals surface area contributed by atoms with Crippen LogP contribution in [0.15, 0.2) is 18.2 Å². The molecule has 0 saturated carbocycles. The first-order valence-corrected chi connectivity index (χ1v) is 6.25. The molecule has 1 saturated heterocycles. The van der Waals surface area contributed by atoms with Crippen molar-refractivity contribution in [2.45, 2.75) is 19.4 Å². The Balaban J connectivity index is 2.31. The molecule has 0 aliphatic carbocycles. The molecule has 2 N–H and O–H groups in total. The van der Waals surface area contributed by atoms with E-state index in [4.69, 9.17) is 17.3 Å². The molecule has 17 heavy (non-hydrogen) atoms. The van der Waals surface area contributed by atoms with Crippen molar-refractivity contribution >= 4 is 23.6 Å². The number of hydrogen-bond donors (Lipinski definition) is 1. The molecule has 1 aliphatic heterocycles. The maximum absolute atomic E-state index is 11.1. The molecule has 4 heteroatoms. The van der Waals surface area contributed by atoms with Crippen molar-refractivity contribution in [1.29, 1.82) is 0 Å². The Morgan fingerprint density at radius 2 is 2.29 bits per heavy atom. The first-order valence-electron chi connectivity index (χ1n) is 5.87. The summed E-state index contributed by atoms with van der Waals surface area (Å²) in [5.41, 5.74) is 7.54. The van der Waals surface area contributed by atoms with Crippen LogP contribution in [0.3, 0.4) is 0 Å². The summed E-state index contributed by atoms with van der Waals surface area (Å²) in [6.07, 6.45) is 1.88. The Morgan fingerprint density at radius 3 is 2.94 bits per heavy atom. The normalized spacial score (nSPS) is 24.8. The molecule has 0 bridgehead atoms. The highest BCUT2D eigenvalue weighted by Gasteiger charge is 2.25. The monoisotopic (exact) mass is 252 g/mol. The number of aldehydes is 1. The van der Waals surface area contributed by atoms with Crippen LogP contribution in [0.2, 0.25) is 5.02 Å². The van der Waals surface area contributed by atoms with Gasteiger partial charge in [-0.2, -0.15) is 0 Å². The van der Waals surface area contributed by atoms with Crippen molar-refractivity contribution in [1.82, 2.24) is 0 Å². The maximum atomic E-state index is 11.1. The minimum atomic E-state index is 0.138. The number of para-hydroxylation sites is 1. The van der Waals surface area contributed by atoms with Gasteiger partial charge in [0.25, 0.3) is 0 Å². The van der Waals surface area contributed by atoms with Gasteiger partial charge in [0.1, 0.15) is 0 Å². The number of benzene rings is 1. The number of carbonyl (C=O) groups is 1. The van der Waals surface area contributed by atoms with E-state index in [0.717, 1.165) is 31.5 Å². The summed E-state index contributed by atoms with van der Waals surface area (Å²) in [7, 11) is 0. The highest BCUT2D eigenvalue weighted by atomic mass is 35.5. The lowest BCUT2D eigenvalue weighted by Crippen LogP contribution is -2.48. The Kier molecular flexibility index (Phi) is 3.69. The van der Waals surface area contributed by atoms with Gasteiger partial charge in [-0.3, -0.25) is 4.79 Å². The van der Waals surface area contributed by atoms with Crippen molar-refractivity contribution in [2.24, 2.45) is 11.7 Å². The Morgan fingerprint density at radius 1 is 1.53 bits per heavy atom. The smallest absolute Gasteiger partial charge is 0.152 e. The van der Waals surface area contributed by atoms with E-state index in [0.29, 0.717) is 16.5 Å². The largest absolute Gasteiger partial charge is 0.368 e. The number of anilines is 1. The molecule has 0 spiro atoms. The van der Waals surface area contributed by atoms with E-state index in [1.807, 2.05) is 6.07 Å². The van der Waals surface area contributed by atoms with Crippen LogP contribution in [0, 0.1) is 5.92 Å². The molecule has 1 aromatic rings. The zero-order valence-corrected chi connectivity index (χ0v) is 10.7. The molecule has 1 fully saturated rings. The van der Waals surface area contributed by atoms with E-state index in [2.05, 4.69) is 11.8 Å². The minimum Gasteiger partial charge on any atom is -0.368 e. The molecule has 1 aliphatic rings. The second kappa shape index (κ2) is 5.07. The van der Waals surface area contributed by atoms with Gasteiger partial charge >= 0.3 is 0 Å². The molecule has 2 unspecified atom stereocenters. The third kappa shape index (κ3) is 2.45. The highest BCUT2D eigenvalue weighted by Crippen LogP contribution is 2.31. The van der Waals surface area contributed by atoms with Crippen LogP contribution >= 0.6 is 11.6 Å². The molecular weight excluding hydrogens is 236 g/mol. The maximum Gasteiger partial charge on any atom is 0.152 e. The molecule has 0 amide bonds. The van der Waals surface area contributed by atoms with Crippen LogP contribution in [0.25, 0.3) is 0 Å². The van der Waals surface area contributed by atoms with E-state index in [-0.39, 0.29) is 6.04 Å². The van der Waals surface area contributed by atoms with E-state index in [1.165, 1.54) is 0 Å². The van der Waals surface area contributed by atoms with E-state index >= 15 is 0 Å². The van der Waals surface area contributed by atoms with Crippen molar-refractivity contribution < 1.29 is 4.79 Å². The summed E-state index contributed by atoms with van der Waals surface area (Å²) in [5.74, 6) is 0.522. The van der Waals surface area contributed by atoms with Gasteiger partial charge in [0.05, 0.1) is 10.7 Å². The van der Waals surface area contributed by atoms with E-state index < -0.39 is 0 Å². The second-order valence-electron chi connectivity index (χ2n) is 4.67. The van der Waals surface area contributed by atoms with Gasteiger partial charge in [-0.05, 0) is 24.5 Å². The number of nitrogens with two attached hydrogens (primary N) is 1. The van der Waals surface area contributed by atoms with Gasteiger partial charge in [0.15, 0.2) is 6.29 Å². The fourth-order valence-corrected chi connectivity index (χ4v) is 2.56. The summed E-state index contributed by atoms with van der Waals surface area (Å²) in [5, 5.41) is 0.622. The predicted octanol–water partition coefficient (Wildman–Crippen LogP) is 2.33. The molecule has 0 radical (unpaired) electrons. The lowest BCUT2D eigenvalue weighted by atomic mass is 9.93. The topological polar surface area (TPSA) is 46.3 Å².